The van der Waals surface area contributed by atoms with E-state index in [1.807, 2.05) is 18.7 Å². The van der Waals surface area contributed by atoms with E-state index >= 15 is 0 Å². The Hall–Kier alpha value is -1.07. The van der Waals surface area contributed by atoms with E-state index < -0.39 is 0 Å². The number of aliphatic hydroxyl groups excluding tert-OH is 1. The highest BCUT2D eigenvalue weighted by molar-refractivity contribution is 5.51. The van der Waals surface area contributed by atoms with E-state index in [1.165, 1.54) is 32.1 Å². The van der Waals surface area contributed by atoms with E-state index in [-0.39, 0.29) is 6.61 Å². The van der Waals surface area contributed by atoms with Crippen LogP contribution in [0.1, 0.15) is 43.4 Å². The molecule has 0 bridgehead atoms. The van der Waals surface area contributed by atoms with Crippen molar-refractivity contribution < 1.29 is 5.11 Å². The van der Waals surface area contributed by atoms with E-state index in [9.17, 15) is 5.11 Å². The lowest BCUT2D eigenvalue weighted by Gasteiger charge is -2.36. The van der Waals surface area contributed by atoms with Crippen LogP contribution in [0.15, 0.2) is 0 Å². The minimum atomic E-state index is 0.171. The number of nitrogens with two attached hydrogens (primary N) is 1. The van der Waals surface area contributed by atoms with Gasteiger partial charge < -0.3 is 15.7 Å². The van der Waals surface area contributed by atoms with E-state index in [1.54, 1.807) is 0 Å². The van der Waals surface area contributed by atoms with Gasteiger partial charge in [0.25, 0.3) is 0 Å². The Morgan fingerprint density at radius 1 is 1.37 bits per heavy atom. The predicted molar refractivity (Wildman–Crippen MR) is 77.1 cm³/mol. The van der Waals surface area contributed by atoms with Crippen molar-refractivity contribution in [2.24, 2.45) is 12.8 Å². The van der Waals surface area contributed by atoms with Crippen LogP contribution in [0.25, 0.3) is 0 Å². The molecule has 0 aliphatic heterocycles. The number of rotatable bonds is 5. The Bertz CT molecular complexity index is 410. The van der Waals surface area contributed by atoms with Crippen molar-refractivity contribution in [3.63, 3.8) is 0 Å². The monoisotopic (exact) mass is 266 g/mol. The van der Waals surface area contributed by atoms with Crippen LogP contribution in [0.5, 0.6) is 0 Å². The van der Waals surface area contributed by atoms with E-state index in [0.29, 0.717) is 19.1 Å². The summed E-state index contributed by atoms with van der Waals surface area (Å²) in [7, 11) is 1.97. The fourth-order valence-corrected chi connectivity index (χ4v) is 3.25. The molecule has 1 aromatic rings. The maximum absolute atomic E-state index is 9.39. The number of hydrogen-bond donors (Lipinski definition) is 2. The van der Waals surface area contributed by atoms with Crippen molar-refractivity contribution in [1.29, 1.82) is 0 Å². The molecule has 2 rings (SSSR count). The van der Waals surface area contributed by atoms with Gasteiger partial charge in [0.1, 0.15) is 5.82 Å². The first-order chi connectivity index (χ1) is 9.19. The van der Waals surface area contributed by atoms with Crippen LogP contribution >= 0.6 is 0 Å². The molecule has 19 heavy (non-hydrogen) atoms. The van der Waals surface area contributed by atoms with Crippen LogP contribution < -0.4 is 10.6 Å². The normalized spacial score (nSPS) is 16.8. The molecule has 1 heterocycles. The number of aliphatic hydroxyl groups is 1. The Morgan fingerprint density at radius 3 is 2.63 bits per heavy atom. The van der Waals surface area contributed by atoms with Crippen molar-refractivity contribution in [1.82, 2.24) is 9.78 Å². The van der Waals surface area contributed by atoms with Gasteiger partial charge in [0, 0.05) is 31.7 Å². The molecule has 0 radical (unpaired) electrons. The van der Waals surface area contributed by atoms with Gasteiger partial charge in [-0.05, 0) is 19.8 Å². The lowest BCUT2D eigenvalue weighted by Crippen LogP contribution is -2.40. The summed E-state index contributed by atoms with van der Waals surface area (Å²) in [5, 5.41) is 13.9. The van der Waals surface area contributed by atoms with E-state index in [0.717, 1.165) is 17.1 Å². The minimum Gasteiger partial charge on any atom is -0.395 e. The van der Waals surface area contributed by atoms with E-state index in [4.69, 9.17) is 5.73 Å². The number of aromatic nitrogens is 2. The molecule has 108 valence electrons. The average Bonchev–Trinajstić information content (AvgIpc) is 2.71. The SMILES string of the molecule is Cc1nn(C)c(N(CCO)C2CCCCC2)c1CN. The third-order valence-corrected chi connectivity index (χ3v) is 4.15. The van der Waals surface area contributed by atoms with Gasteiger partial charge in [-0.15, -0.1) is 0 Å². The first-order valence-electron chi connectivity index (χ1n) is 7.29. The van der Waals surface area contributed by atoms with E-state index in [2.05, 4.69) is 10.00 Å². The number of anilines is 1. The summed E-state index contributed by atoms with van der Waals surface area (Å²) in [5.74, 6) is 1.10. The molecular formula is C14H26N4O. The Labute approximate surface area is 115 Å². The summed E-state index contributed by atoms with van der Waals surface area (Å²) in [6, 6.07) is 0.515. The number of hydrogen-bond acceptors (Lipinski definition) is 4. The van der Waals surface area contributed by atoms with Crippen LogP contribution in [0.2, 0.25) is 0 Å². The fourth-order valence-electron chi connectivity index (χ4n) is 3.25. The van der Waals surface area contributed by atoms with Gasteiger partial charge in [-0.25, -0.2) is 0 Å². The summed E-state index contributed by atoms with van der Waals surface area (Å²) < 4.78 is 1.92. The van der Waals surface area contributed by atoms with Gasteiger partial charge in [0.05, 0.1) is 12.3 Å². The average molecular weight is 266 g/mol. The first-order valence-corrected chi connectivity index (χ1v) is 7.29. The standard InChI is InChI=1S/C14H26N4O/c1-11-13(10-15)14(17(2)16-11)18(8-9-19)12-6-4-3-5-7-12/h12,19H,3-10,15H2,1-2H3. The van der Waals surface area contributed by atoms with Gasteiger partial charge in [-0.2, -0.15) is 5.10 Å². The second-order valence-electron chi connectivity index (χ2n) is 5.42. The van der Waals surface area contributed by atoms with Crippen molar-refractivity contribution in [3.8, 4) is 0 Å². The van der Waals surface area contributed by atoms with Crippen molar-refractivity contribution >= 4 is 5.82 Å². The molecule has 0 unspecified atom stereocenters. The van der Waals surface area contributed by atoms with Crippen molar-refractivity contribution in [2.45, 2.75) is 51.6 Å². The maximum Gasteiger partial charge on any atom is 0.131 e. The third kappa shape index (κ3) is 2.92. The predicted octanol–water partition coefficient (Wildman–Crippen LogP) is 1.32. The second kappa shape index (κ2) is 6.39. The quantitative estimate of drug-likeness (QED) is 0.843. The molecule has 0 atom stereocenters. The van der Waals surface area contributed by atoms with Gasteiger partial charge in [-0.3, -0.25) is 4.68 Å². The molecule has 1 aliphatic rings. The third-order valence-electron chi connectivity index (χ3n) is 4.15. The molecule has 5 heteroatoms. The highest BCUT2D eigenvalue weighted by Gasteiger charge is 2.26. The van der Waals surface area contributed by atoms with Gasteiger partial charge >= 0.3 is 0 Å². The van der Waals surface area contributed by atoms with Crippen molar-refractivity contribution in [2.75, 3.05) is 18.1 Å². The molecule has 1 fully saturated rings. The number of aryl methyl sites for hydroxylation is 2. The molecule has 0 amide bonds. The summed E-state index contributed by atoms with van der Waals surface area (Å²) >= 11 is 0. The van der Waals surface area contributed by atoms with Gasteiger partial charge in [-0.1, -0.05) is 19.3 Å². The lowest BCUT2D eigenvalue weighted by atomic mass is 9.94. The smallest absolute Gasteiger partial charge is 0.131 e. The molecule has 0 spiro atoms. The molecule has 3 N–H and O–H groups in total. The van der Waals surface area contributed by atoms with Crippen LogP contribution in [0.4, 0.5) is 5.82 Å². The summed E-state index contributed by atoms with van der Waals surface area (Å²) in [6.45, 7) is 3.34. The fraction of sp³-hybridized carbons (Fsp3) is 0.786. The van der Waals surface area contributed by atoms with Crippen LogP contribution in [-0.2, 0) is 13.6 Å². The highest BCUT2D eigenvalue weighted by atomic mass is 16.3. The zero-order valence-electron chi connectivity index (χ0n) is 12.1. The number of nitrogens with zero attached hydrogens (tertiary/aromatic N) is 3. The summed E-state index contributed by atoms with van der Waals surface area (Å²) in [6.07, 6.45) is 6.29. The molecular weight excluding hydrogens is 240 g/mol. The lowest BCUT2D eigenvalue weighted by molar-refractivity contribution is 0.288. The van der Waals surface area contributed by atoms with Crippen LogP contribution in [-0.4, -0.2) is 34.1 Å². The molecule has 1 saturated carbocycles. The van der Waals surface area contributed by atoms with Crippen LogP contribution in [0.3, 0.4) is 0 Å². The zero-order chi connectivity index (χ0) is 13.8. The molecule has 0 saturated heterocycles. The van der Waals surface area contributed by atoms with Crippen molar-refractivity contribution in [3.05, 3.63) is 11.3 Å². The highest BCUT2D eigenvalue weighted by Crippen LogP contribution is 2.30. The van der Waals surface area contributed by atoms with Gasteiger partial charge in [0.2, 0.25) is 0 Å². The minimum absolute atomic E-state index is 0.171. The summed E-state index contributed by atoms with van der Waals surface area (Å²) in [5.41, 5.74) is 8.00. The molecule has 1 aliphatic carbocycles. The topological polar surface area (TPSA) is 67.3 Å². The van der Waals surface area contributed by atoms with Gasteiger partial charge in [0.15, 0.2) is 0 Å². The Balaban J connectivity index is 2.32. The largest absolute Gasteiger partial charge is 0.395 e. The molecule has 0 aromatic carbocycles. The second-order valence-corrected chi connectivity index (χ2v) is 5.42. The van der Waals surface area contributed by atoms with Crippen LogP contribution in [0, 0.1) is 6.92 Å². The first kappa shape index (κ1) is 14.3. The molecule has 5 nitrogen and oxygen atoms in total. The Morgan fingerprint density at radius 2 is 2.05 bits per heavy atom. The molecule has 1 aromatic heterocycles. The Kier molecular flexibility index (Phi) is 4.82. The summed E-state index contributed by atoms with van der Waals surface area (Å²) in [4.78, 5) is 2.32. The zero-order valence-corrected chi connectivity index (χ0v) is 12.1. The maximum atomic E-state index is 9.39.